The average Bonchev–Trinajstić information content (AvgIpc) is 3.05. The first-order valence-electron chi connectivity index (χ1n) is 7.79. The molecule has 22 heavy (non-hydrogen) atoms. The quantitative estimate of drug-likeness (QED) is 0.886. The second kappa shape index (κ2) is 6.53. The summed E-state index contributed by atoms with van der Waals surface area (Å²) < 4.78 is 0. The first kappa shape index (κ1) is 15.1. The molecule has 1 N–H and O–H groups in total. The van der Waals surface area contributed by atoms with Gasteiger partial charge in [-0.1, -0.05) is 66.9 Å². The summed E-state index contributed by atoms with van der Waals surface area (Å²) in [4.78, 5) is 12.9. The van der Waals surface area contributed by atoms with E-state index in [-0.39, 0.29) is 11.3 Å². The van der Waals surface area contributed by atoms with Crippen LogP contribution < -0.4 is 5.32 Å². The van der Waals surface area contributed by atoms with Crippen molar-refractivity contribution in [2.75, 3.05) is 0 Å². The van der Waals surface area contributed by atoms with E-state index in [1.165, 1.54) is 0 Å². The molecule has 0 unspecified atom stereocenters. The van der Waals surface area contributed by atoms with E-state index in [9.17, 15) is 4.79 Å². The lowest BCUT2D eigenvalue weighted by Gasteiger charge is -2.28. The molecule has 3 rings (SSSR count). The van der Waals surface area contributed by atoms with Gasteiger partial charge in [-0.3, -0.25) is 4.79 Å². The predicted octanol–water partition coefficient (Wildman–Crippen LogP) is 4.47. The van der Waals surface area contributed by atoms with Crippen LogP contribution in [0.15, 0.2) is 54.6 Å². The number of benzene rings is 2. The topological polar surface area (TPSA) is 29.1 Å². The van der Waals surface area contributed by atoms with E-state index in [0.29, 0.717) is 11.6 Å². The molecule has 0 saturated heterocycles. The number of hydrogen-bond donors (Lipinski definition) is 1. The third-order valence-electron chi connectivity index (χ3n) is 4.58. The Morgan fingerprint density at radius 1 is 1.00 bits per heavy atom. The van der Waals surface area contributed by atoms with Crippen LogP contribution in [0.4, 0.5) is 0 Å². The number of hydrogen-bond acceptors (Lipinski definition) is 1. The van der Waals surface area contributed by atoms with E-state index in [4.69, 9.17) is 11.6 Å². The molecule has 114 valence electrons. The molecule has 3 heteroatoms. The van der Waals surface area contributed by atoms with Crippen molar-refractivity contribution in [1.29, 1.82) is 0 Å². The summed E-state index contributed by atoms with van der Waals surface area (Å²) >= 11 is 5.98. The van der Waals surface area contributed by atoms with Gasteiger partial charge in [0.05, 0.1) is 5.41 Å². The summed E-state index contributed by atoms with van der Waals surface area (Å²) in [5, 5.41) is 3.83. The molecule has 1 aliphatic rings. The van der Waals surface area contributed by atoms with Gasteiger partial charge in [-0.2, -0.15) is 0 Å². The smallest absolute Gasteiger partial charge is 0.230 e. The molecule has 0 heterocycles. The van der Waals surface area contributed by atoms with Crippen LogP contribution in [0, 0.1) is 0 Å². The van der Waals surface area contributed by atoms with Crippen LogP contribution in [-0.4, -0.2) is 5.91 Å². The van der Waals surface area contributed by atoms with Gasteiger partial charge in [0, 0.05) is 11.6 Å². The fraction of sp³-hybridized carbons (Fsp3) is 0.316. The largest absolute Gasteiger partial charge is 0.351 e. The fourth-order valence-corrected chi connectivity index (χ4v) is 3.47. The summed E-state index contributed by atoms with van der Waals surface area (Å²) in [6.45, 7) is 0.578. The highest BCUT2D eigenvalue weighted by molar-refractivity contribution is 6.30. The van der Waals surface area contributed by atoms with Crippen LogP contribution in [-0.2, 0) is 16.8 Å². The predicted molar refractivity (Wildman–Crippen MR) is 89.9 cm³/mol. The molecule has 0 radical (unpaired) electrons. The van der Waals surface area contributed by atoms with Crippen LogP contribution in [0.1, 0.15) is 36.8 Å². The average molecular weight is 314 g/mol. The maximum absolute atomic E-state index is 12.9. The van der Waals surface area contributed by atoms with Crippen LogP contribution in [0.2, 0.25) is 5.02 Å². The van der Waals surface area contributed by atoms with Gasteiger partial charge < -0.3 is 5.32 Å². The van der Waals surface area contributed by atoms with Crippen molar-refractivity contribution >= 4 is 17.5 Å². The Morgan fingerprint density at radius 3 is 2.27 bits per heavy atom. The standard InChI is InChI=1S/C19H20ClNO/c20-17-10-8-16(9-11-17)19(12-4-5-13-19)18(22)21-14-15-6-2-1-3-7-15/h1-3,6-11H,4-5,12-14H2,(H,21,22). The van der Waals surface area contributed by atoms with Crippen molar-refractivity contribution in [3.05, 3.63) is 70.7 Å². The lowest BCUT2D eigenvalue weighted by molar-refractivity contribution is -0.126. The first-order valence-corrected chi connectivity index (χ1v) is 8.17. The van der Waals surface area contributed by atoms with Crippen LogP contribution in [0.5, 0.6) is 0 Å². The van der Waals surface area contributed by atoms with E-state index < -0.39 is 0 Å². The number of halogens is 1. The molecule has 0 aromatic heterocycles. The zero-order chi connectivity index (χ0) is 15.4. The third kappa shape index (κ3) is 3.02. The molecule has 2 aromatic rings. The fourth-order valence-electron chi connectivity index (χ4n) is 3.34. The highest BCUT2D eigenvalue weighted by Gasteiger charge is 2.42. The summed E-state index contributed by atoms with van der Waals surface area (Å²) in [7, 11) is 0. The highest BCUT2D eigenvalue weighted by atomic mass is 35.5. The number of amides is 1. The number of nitrogens with one attached hydrogen (secondary N) is 1. The lowest BCUT2D eigenvalue weighted by Crippen LogP contribution is -2.42. The minimum Gasteiger partial charge on any atom is -0.351 e. The minimum absolute atomic E-state index is 0.135. The van der Waals surface area contributed by atoms with E-state index in [1.807, 2.05) is 54.6 Å². The van der Waals surface area contributed by atoms with Gasteiger partial charge >= 0.3 is 0 Å². The molecule has 1 saturated carbocycles. The lowest BCUT2D eigenvalue weighted by atomic mass is 9.78. The molecule has 1 amide bonds. The van der Waals surface area contributed by atoms with E-state index >= 15 is 0 Å². The Balaban J connectivity index is 1.78. The van der Waals surface area contributed by atoms with E-state index in [2.05, 4.69) is 5.32 Å². The molecule has 1 aliphatic carbocycles. The molecule has 0 aliphatic heterocycles. The van der Waals surface area contributed by atoms with Gasteiger partial charge in [0.15, 0.2) is 0 Å². The molecule has 2 nitrogen and oxygen atoms in total. The molecular weight excluding hydrogens is 294 g/mol. The zero-order valence-electron chi connectivity index (χ0n) is 12.5. The first-order chi connectivity index (χ1) is 10.7. The summed E-state index contributed by atoms with van der Waals surface area (Å²) in [6.07, 6.45) is 4.02. The van der Waals surface area contributed by atoms with Gasteiger partial charge in [-0.05, 0) is 36.1 Å². The molecule has 1 fully saturated rings. The van der Waals surface area contributed by atoms with Gasteiger partial charge in [0.1, 0.15) is 0 Å². The summed E-state index contributed by atoms with van der Waals surface area (Å²) in [5.41, 5.74) is 1.82. The summed E-state index contributed by atoms with van der Waals surface area (Å²) in [6, 6.07) is 17.8. The monoisotopic (exact) mass is 313 g/mol. The Hall–Kier alpha value is -1.80. The van der Waals surface area contributed by atoms with Crippen LogP contribution in [0.3, 0.4) is 0 Å². The van der Waals surface area contributed by atoms with Gasteiger partial charge in [-0.15, -0.1) is 0 Å². The summed E-state index contributed by atoms with van der Waals surface area (Å²) in [5.74, 6) is 0.135. The highest BCUT2D eigenvalue weighted by Crippen LogP contribution is 2.41. The van der Waals surface area contributed by atoms with Gasteiger partial charge in [-0.25, -0.2) is 0 Å². The molecular formula is C19H20ClNO. The van der Waals surface area contributed by atoms with Gasteiger partial charge in [0.2, 0.25) is 5.91 Å². The molecule has 0 spiro atoms. The molecule has 0 bridgehead atoms. The number of carbonyl (C=O) groups is 1. The Morgan fingerprint density at radius 2 is 1.64 bits per heavy atom. The van der Waals surface area contributed by atoms with Gasteiger partial charge in [0.25, 0.3) is 0 Å². The SMILES string of the molecule is O=C(NCc1ccccc1)C1(c2ccc(Cl)cc2)CCCC1. The second-order valence-electron chi connectivity index (χ2n) is 5.96. The number of carbonyl (C=O) groups excluding carboxylic acids is 1. The van der Waals surface area contributed by atoms with Crippen molar-refractivity contribution in [3.63, 3.8) is 0 Å². The van der Waals surface area contributed by atoms with Crippen molar-refractivity contribution in [2.24, 2.45) is 0 Å². The van der Waals surface area contributed by atoms with Crippen molar-refractivity contribution < 1.29 is 4.79 Å². The minimum atomic E-state index is -0.390. The normalized spacial score (nSPS) is 16.4. The Labute approximate surface area is 136 Å². The van der Waals surface area contributed by atoms with E-state index in [1.54, 1.807) is 0 Å². The van der Waals surface area contributed by atoms with Crippen LogP contribution >= 0.6 is 11.6 Å². The van der Waals surface area contributed by atoms with Crippen LogP contribution in [0.25, 0.3) is 0 Å². The zero-order valence-corrected chi connectivity index (χ0v) is 13.3. The maximum Gasteiger partial charge on any atom is 0.230 e. The molecule has 2 aromatic carbocycles. The Bertz CT molecular complexity index is 630. The Kier molecular flexibility index (Phi) is 4.49. The van der Waals surface area contributed by atoms with E-state index in [0.717, 1.165) is 36.8 Å². The van der Waals surface area contributed by atoms with Crippen molar-refractivity contribution in [2.45, 2.75) is 37.6 Å². The molecule has 0 atom stereocenters. The maximum atomic E-state index is 12.9. The third-order valence-corrected chi connectivity index (χ3v) is 4.84. The van der Waals surface area contributed by atoms with Crippen molar-refractivity contribution in [1.82, 2.24) is 5.32 Å². The number of rotatable bonds is 4. The second-order valence-corrected chi connectivity index (χ2v) is 6.40. The van der Waals surface area contributed by atoms with Crippen molar-refractivity contribution in [3.8, 4) is 0 Å².